The molecule has 0 aliphatic heterocycles. The molecule has 2 aromatic rings. The fraction of sp³-hybridized carbons (Fsp3) is 0.200. The van der Waals surface area contributed by atoms with Crippen LogP contribution in [-0.4, -0.2) is 7.11 Å². The summed E-state index contributed by atoms with van der Waals surface area (Å²) in [4.78, 5) is 0. The fourth-order valence-electron chi connectivity index (χ4n) is 1.87. The smallest absolute Gasteiger partial charge is 0.142 e. The van der Waals surface area contributed by atoms with E-state index in [9.17, 15) is 4.39 Å². The van der Waals surface area contributed by atoms with Crippen molar-refractivity contribution >= 4 is 17.1 Å². The Kier molecular flexibility index (Phi) is 3.90. The van der Waals surface area contributed by atoms with Crippen LogP contribution in [0.25, 0.3) is 0 Å². The lowest BCUT2D eigenvalue weighted by Gasteiger charge is -2.14. The van der Waals surface area contributed by atoms with Gasteiger partial charge in [0.2, 0.25) is 0 Å². The summed E-state index contributed by atoms with van der Waals surface area (Å²) in [6, 6.07) is 10.2. The van der Waals surface area contributed by atoms with Crippen LogP contribution in [0.3, 0.4) is 0 Å². The Morgan fingerprint density at radius 1 is 1.16 bits per heavy atom. The molecule has 4 heteroatoms. The number of ether oxygens (including phenoxy) is 1. The van der Waals surface area contributed by atoms with E-state index in [1.54, 1.807) is 13.2 Å². The molecule has 3 N–H and O–H groups in total. The number of benzene rings is 2. The molecule has 0 heterocycles. The normalized spacial score (nSPS) is 10.3. The van der Waals surface area contributed by atoms with Gasteiger partial charge in [-0.15, -0.1) is 0 Å². The summed E-state index contributed by atoms with van der Waals surface area (Å²) >= 11 is 0. The molecule has 0 atom stereocenters. The van der Waals surface area contributed by atoms with Crippen molar-refractivity contribution in [2.24, 2.45) is 0 Å². The Morgan fingerprint density at radius 2 is 1.95 bits per heavy atom. The number of rotatable bonds is 4. The molecule has 0 fully saturated rings. The van der Waals surface area contributed by atoms with Gasteiger partial charge in [-0.3, -0.25) is 0 Å². The Bertz CT molecular complexity index is 584. The molecule has 0 aliphatic rings. The minimum Gasteiger partial charge on any atom is -0.495 e. The molecule has 0 bridgehead atoms. The molecule has 0 unspecified atom stereocenters. The predicted molar refractivity (Wildman–Crippen MR) is 76.5 cm³/mol. The maximum Gasteiger partial charge on any atom is 0.142 e. The summed E-state index contributed by atoms with van der Waals surface area (Å²) in [5.41, 5.74) is 8.82. The highest BCUT2D eigenvalue weighted by molar-refractivity contribution is 5.75. The fourth-order valence-corrected chi connectivity index (χ4v) is 1.87. The molecule has 0 spiro atoms. The van der Waals surface area contributed by atoms with Gasteiger partial charge in [0, 0.05) is 0 Å². The summed E-state index contributed by atoms with van der Waals surface area (Å²) in [6.07, 6.45) is 0.928. The lowest BCUT2D eigenvalue weighted by Crippen LogP contribution is -1.99. The first-order valence-electron chi connectivity index (χ1n) is 6.13. The SMILES string of the molecule is CCc1ccc(OC)c(Nc2ccc(F)cc2N)c1. The van der Waals surface area contributed by atoms with E-state index in [4.69, 9.17) is 10.5 Å². The van der Waals surface area contributed by atoms with E-state index in [1.165, 1.54) is 17.7 Å². The maximum absolute atomic E-state index is 13.0. The van der Waals surface area contributed by atoms with E-state index >= 15 is 0 Å². The molecule has 0 aromatic heterocycles. The van der Waals surface area contributed by atoms with Crippen molar-refractivity contribution in [2.75, 3.05) is 18.2 Å². The first kappa shape index (κ1) is 13.2. The second-order valence-electron chi connectivity index (χ2n) is 4.24. The number of halogens is 1. The molecule has 2 aromatic carbocycles. The van der Waals surface area contributed by atoms with Crippen LogP contribution < -0.4 is 15.8 Å². The number of nitrogen functional groups attached to an aromatic ring is 1. The van der Waals surface area contributed by atoms with Crippen molar-refractivity contribution in [1.82, 2.24) is 0 Å². The van der Waals surface area contributed by atoms with E-state index < -0.39 is 0 Å². The van der Waals surface area contributed by atoms with Crippen LogP contribution in [0.1, 0.15) is 12.5 Å². The minimum atomic E-state index is -0.350. The summed E-state index contributed by atoms with van der Waals surface area (Å²) in [6.45, 7) is 2.08. The molecule has 3 nitrogen and oxygen atoms in total. The van der Waals surface area contributed by atoms with Crippen molar-refractivity contribution in [2.45, 2.75) is 13.3 Å². The van der Waals surface area contributed by atoms with E-state index in [0.29, 0.717) is 11.4 Å². The maximum atomic E-state index is 13.0. The number of hydrogen-bond acceptors (Lipinski definition) is 3. The van der Waals surface area contributed by atoms with Crippen LogP contribution in [0.4, 0.5) is 21.5 Å². The highest BCUT2D eigenvalue weighted by atomic mass is 19.1. The van der Waals surface area contributed by atoms with Gasteiger partial charge in [-0.1, -0.05) is 13.0 Å². The molecule has 19 heavy (non-hydrogen) atoms. The van der Waals surface area contributed by atoms with Crippen molar-refractivity contribution < 1.29 is 9.13 Å². The van der Waals surface area contributed by atoms with Crippen LogP contribution in [0.15, 0.2) is 36.4 Å². The summed E-state index contributed by atoms with van der Waals surface area (Å²) in [7, 11) is 1.61. The number of nitrogens with one attached hydrogen (secondary N) is 1. The Hall–Kier alpha value is -2.23. The van der Waals surface area contributed by atoms with Crippen molar-refractivity contribution in [1.29, 1.82) is 0 Å². The van der Waals surface area contributed by atoms with Crippen LogP contribution in [0.5, 0.6) is 5.75 Å². The summed E-state index contributed by atoms with van der Waals surface area (Å²) < 4.78 is 18.3. The van der Waals surface area contributed by atoms with Gasteiger partial charge in [0.15, 0.2) is 0 Å². The number of aryl methyl sites for hydroxylation is 1. The van der Waals surface area contributed by atoms with Gasteiger partial charge in [0.25, 0.3) is 0 Å². The first-order chi connectivity index (χ1) is 9.13. The van der Waals surface area contributed by atoms with Crippen molar-refractivity contribution in [3.05, 3.63) is 47.8 Å². The number of nitrogens with two attached hydrogens (primary N) is 1. The zero-order valence-electron chi connectivity index (χ0n) is 11.0. The monoisotopic (exact) mass is 260 g/mol. The van der Waals surface area contributed by atoms with Gasteiger partial charge in [-0.2, -0.15) is 0 Å². The third kappa shape index (κ3) is 2.96. The van der Waals surface area contributed by atoms with Crippen LogP contribution in [-0.2, 0) is 6.42 Å². The Morgan fingerprint density at radius 3 is 2.58 bits per heavy atom. The zero-order valence-corrected chi connectivity index (χ0v) is 11.0. The van der Waals surface area contributed by atoms with Crippen LogP contribution in [0, 0.1) is 5.82 Å². The second-order valence-corrected chi connectivity index (χ2v) is 4.24. The van der Waals surface area contributed by atoms with E-state index in [-0.39, 0.29) is 5.82 Å². The molecule has 0 saturated carbocycles. The van der Waals surface area contributed by atoms with Crippen LogP contribution >= 0.6 is 0 Å². The third-order valence-electron chi connectivity index (χ3n) is 2.96. The molecule has 0 aliphatic carbocycles. The summed E-state index contributed by atoms with van der Waals surface area (Å²) in [5, 5.41) is 3.18. The number of hydrogen-bond donors (Lipinski definition) is 2. The van der Waals surface area contributed by atoms with Crippen molar-refractivity contribution in [3.8, 4) is 5.75 Å². The molecule has 0 amide bonds. The van der Waals surface area contributed by atoms with E-state index in [1.807, 2.05) is 18.2 Å². The lowest BCUT2D eigenvalue weighted by atomic mass is 10.1. The van der Waals surface area contributed by atoms with Gasteiger partial charge in [-0.05, 0) is 42.3 Å². The van der Waals surface area contributed by atoms with Gasteiger partial charge in [0.05, 0.1) is 24.2 Å². The Balaban J connectivity index is 2.36. The van der Waals surface area contributed by atoms with Gasteiger partial charge in [0.1, 0.15) is 11.6 Å². The van der Waals surface area contributed by atoms with Gasteiger partial charge in [-0.25, -0.2) is 4.39 Å². The average molecular weight is 260 g/mol. The molecule has 100 valence electrons. The molecule has 0 saturated heterocycles. The molecule has 0 radical (unpaired) electrons. The topological polar surface area (TPSA) is 47.3 Å². The van der Waals surface area contributed by atoms with Gasteiger partial charge < -0.3 is 15.8 Å². The highest BCUT2D eigenvalue weighted by Crippen LogP contribution is 2.31. The average Bonchev–Trinajstić information content (AvgIpc) is 2.41. The van der Waals surface area contributed by atoms with Crippen molar-refractivity contribution in [3.63, 3.8) is 0 Å². The quantitative estimate of drug-likeness (QED) is 0.823. The third-order valence-corrected chi connectivity index (χ3v) is 2.96. The molecular weight excluding hydrogens is 243 g/mol. The van der Waals surface area contributed by atoms with E-state index in [2.05, 4.69) is 12.2 Å². The standard InChI is InChI=1S/C15H17FN2O/c1-3-10-4-7-15(19-2)14(8-10)18-13-6-5-11(16)9-12(13)17/h4-9,18H,3,17H2,1-2H3. The second kappa shape index (κ2) is 5.61. The first-order valence-corrected chi connectivity index (χ1v) is 6.13. The molecule has 2 rings (SSSR count). The van der Waals surface area contributed by atoms with Crippen LogP contribution in [0.2, 0.25) is 0 Å². The largest absolute Gasteiger partial charge is 0.495 e. The van der Waals surface area contributed by atoms with E-state index in [0.717, 1.165) is 17.9 Å². The Labute approximate surface area is 112 Å². The minimum absolute atomic E-state index is 0.350. The summed E-state index contributed by atoms with van der Waals surface area (Å²) in [5.74, 6) is 0.373. The van der Waals surface area contributed by atoms with Gasteiger partial charge >= 0.3 is 0 Å². The zero-order chi connectivity index (χ0) is 13.8. The number of methoxy groups -OCH3 is 1. The highest BCUT2D eigenvalue weighted by Gasteiger charge is 2.07. The predicted octanol–water partition coefficient (Wildman–Crippen LogP) is 3.72. The number of anilines is 3. The molecular formula is C15H17FN2O. The lowest BCUT2D eigenvalue weighted by molar-refractivity contribution is 0.416.